The molecule has 2 aromatic rings. The van der Waals surface area contributed by atoms with Crippen LogP contribution in [0.15, 0.2) is 48.0 Å². The van der Waals surface area contributed by atoms with E-state index in [1.165, 1.54) is 36.9 Å². The maximum Gasteiger partial charge on any atom is 0.416 e. The summed E-state index contributed by atoms with van der Waals surface area (Å²) in [7, 11) is 0. The molecule has 180 valence electrons. The van der Waals surface area contributed by atoms with E-state index in [4.69, 9.17) is 9.47 Å². The lowest BCUT2D eigenvalue weighted by atomic mass is 9.92. The highest BCUT2D eigenvalue weighted by atomic mass is 32.2. The van der Waals surface area contributed by atoms with Gasteiger partial charge in [0.15, 0.2) is 6.29 Å². The second-order valence-electron chi connectivity index (χ2n) is 8.18. The van der Waals surface area contributed by atoms with Gasteiger partial charge in [-0.05, 0) is 43.2 Å². The molecule has 0 aromatic heterocycles. The third-order valence-electron chi connectivity index (χ3n) is 5.54. The van der Waals surface area contributed by atoms with Crippen LogP contribution >= 0.6 is 11.8 Å². The fourth-order valence-electron chi connectivity index (χ4n) is 3.47. The van der Waals surface area contributed by atoms with E-state index in [-0.39, 0.29) is 10.8 Å². The molecule has 1 N–H and O–H groups in total. The maximum absolute atomic E-state index is 14.2. The molecule has 0 saturated carbocycles. The molecule has 2 aromatic carbocycles. The topological polar surface area (TPSA) is 38.7 Å². The van der Waals surface area contributed by atoms with E-state index < -0.39 is 40.5 Å². The number of rotatable bonds is 6. The van der Waals surface area contributed by atoms with Gasteiger partial charge in [0.25, 0.3) is 0 Å². The third-order valence-corrected chi connectivity index (χ3v) is 7.06. The summed E-state index contributed by atoms with van der Waals surface area (Å²) in [5.41, 5.74) is -0.957. The van der Waals surface area contributed by atoms with Gasteiger partial charge in [0.2, 0.25) is 0 Å². The molecule has 0 spiro atoms. The Morgan fingerprint density at radius 2 is 1.70 bits per heavy atom. The van der Waals surface area contributed by atoms with Crippen molar-refractivity contribution < 1.29 is 36.5 Å². The highest BCUT2D eigenvalue weighted by Crippen LogP contribution is 2.37. The smallest absolute Gasteiger partial charge is 0.384 e. The summed E-state index contributed by atoms with van der Waals surface area (Å²) >= 11 is 1.37. The molecule has 9 heteroatoms. The Labute approximate surface area is 193 Å². The lowest BCUT2D eigenvalue weighted by molar-refractivity contribution is -0.152. The van der Waals surface area contributed by atoms with Crippen molar-refractivity contribution in [2.45, 2.75) is 49.3 Å². The minimum Gasteiger partial charge on any atom is -0.384 e. The van der Waals surface area contributed by atoms with E-state index in [2.05, 4.69) is 0 Å². The molecule has 0 unspecified atom stereocenters. The molecule has 2 atom stereocenters. The molecule has 1 aliphatic rings. The summed E-state index contributed by atoms with van der Waals surface area (Å²) < 4.78 is 77.0. The molecule has 1 saturated heterocycles. The highest BCUT2D eigenvalue weighted by Gasteiger charge is 2.36. The van der Waals surface area contributed by atoms with Gasteiger partial charge in [-0.25, -0.2) is 8.78 Å². The zero-order valence-electron chi connectivity index (χ0n) is 18.3. The minimum atomic E-state index is -4.39. The van der Waals surface area contributed by atoms with Gasteiger partial charge >= 0.3 is 6.18 Å². The predicted molar refractivity (Wildman–Crippen MR) is 118 cm³/mol. The van der Waals surface area contributed by atoms with Crippen LogP contribution in [0.3, 0.4) is 0 Å². The van der Waals surface area contributed by atoms with Crippen LogP contribution < -0.4 is 0 Å². The number of aliphatic hydroxyl groups is 1. The molecule has 0 bridgehead atoms. The Kier molecular flexibility index (Phi) is 7.88. The second kappa shape index (κ2) is 10.1. The lowest BCUT2D eigenvalue weighted by Gasteiger charge is -2.36. The van der Waals surface area contributed by atoms with Crippen LogP contribution in [0.2, 0.25) is 0 Å². The summed E-state index contributed by atoms with van der Waals surface area (Å²) in [5.74, 6) is -1.53. The largest absolute Gasteiger partial charge is 0.416 e. The Morgan fingerprint density at radius 1 is 1.09 bits per heavy atom. The fourth-order valence-corrected chi connectivity index (χ4v) is 4.75. The van der Waals surface area contributed by atoms with Gasteiger partial charge < -0.3 is 14.6 Å². The first kappa shape index (κ1) is 25.7. The number of benzene rings is 2. The Hall–Kier alpha value is -1.94. The molecule has 1 aliphatic heterocycles. The number of hydrogen-bond donors (Lipinski definition) is 1. The third kappa shape index (κ3) is 6.35. The van der Waals surface area contributed by atoms with Gasteiger partial charge in [0.05, 0.1) is 24.0 Å². The van der Waals surface area contributed by atoms with Gasteiger partial charge in [0.1, 0.15) is 17.2 Å². The van der Waals surface area contributed by atoms with Crippen LogP contribution in [-0.2, 0) is 21.3 Å². The number of alkyl halides is 3. The van der Waals surface area contributed by atoms with Crippen LogP contribution in [0.25, 0.3) is 6.08 Å². The minimum absolute atomic E-state index is 0.00902. The first-order valence-corrected chi connectivity index (χ1v) is 11.2. The van der Waals surface area contributed by atoms with Crippen molar-refractivity contribution in [2.75, 3.05) is 13.2 Å². The molecule has 3 nitrogen and oxygen atoms in total. The molecular formula is C24H25F5O3S. The number of halogens is 5. The van der Waals surface area contributed by atoms with E-state index in [1.807, 2.05) is 0 Å². The van der Waals surface area contributed by atoms with Crippen LogP contribution in [0, 0.1) is 11.6 Å². The highest BCUT2D eigenvalue weighted by molar-refractivity contribution is 8.00. The molecule has 1 fully saturated rings. The molecule has 0 amide bonds. The zero-order valence-corrected chi connectivity index (χ0v) is 19.1. The van der Waals surface area contributed by atoms with Crippen molar-refractivity contribution >= 4 is 17.8 Å². The van der Waals surface area contributed by atoms with Gasteiger partial charge in [-0.3, -0.25) is 0 Å². The maximum atomic E-state index is 14.2. The standard InChI is InChI=1S/C24H25F5O3S/c1-14(10-16-4-6-17(7-5-16)24(27,28)29)22-31-12-19(13-32-22)33-15(2)23(3,30)20-9-8-18(25)11-21(20)26/h4-11,15,19,22,30H,12-13H2,1-3H3/b14-10+/t15-,19-,22-,23+/m1/s1. The molecular weight excluding hydrogens is 463 g/mol. The predicted octanol–water partition coefficient (Wildman–Crippen LogP) is 6.16. The summed E-state index contributed by atoms with van der Waals surface area (Å²) in [6, 6.07) is 7.88. The molecule has 33 heavy (non-hydrogen) atoms. The molecule has 0 radical (unpaired) electrons. The number of ether oxygens (including phenoxy) is 2. The fraction of sp³-hybridized carbons (Fsp3) is 0.417. The van der Waals surface area contributed by atoms with Crippen molar-refractivity contribution in [2.24, 2.45) is 0 Å². The van der Waals surface area contributed by atoms with E-state index >= 15 is 0 Å². The van der Waals surface area contributed by atoms with Crippen LogP contribution in [0.4, 0.5) is 22.0 Å². The van der Waals surface area contributed by atoms with Gasteiger partial charge in [0, 0.05) is 16.9 Å². The monoisotopic (exact) mass is 488 g/mol. The molecule has 1 heterocycles. The van der Waals surface area contributed by atoms with Gasteiger partial charge in [-0.1, -0.05) is 31.2 Å². The van der Waals surface area contributed by atoms with E-state index in [9.17, 15) is 27.1 Å². The number of thioether (sulfide) groups is 1. The Morgan fingerprint density at radius 3 is 2.24 bits per heavy atom. The summed E-state index contributed by atoms with van der Waals surface area (Å²) in [5, 5.41) is 10.3. The lowest BCUT2D eigenvalue weighted by Crippen LogP contribution is -2.39. The first-order valence-electron chi connectivity index (χ1n) is 10.3. The molecule has 3 rings (SSSR count). The zero-order chi connectivity index (χ0) is 24.4. The summed E-state index contributed by atoms with van der Waals surface area (Å²) in [6.45, 7) is 5.60. The summed E-state index contributed by atoms with van der Waals surface area (Å²) in [4.78, 5) is 0. The van der Waals surface area contributed by atoms with Gasteiger partial charge in [-0.2, -0.15) is 13.2 Å². The van der Waals surface area contributed by atoms with E-state index in [0.717, 1.165) is 24.3 Å². The second-order valence-corrected chi connectivity index (χ2v) is 9.82. The van der Waals surface area contributed by atoms with E-state index in [0.29, 0.717) is 24.4 Å². The first-order chi connectivity index (χ1) is 15.4. The number of hydrogen-bond acceptors (Lipinski definition) is 4. The normalized spacial score (nSPS) is 22.6. The Bertz CT molecular complexity index is 981. The van der Waals surface area contributed by atoms with Crippen molar-refractivity contribution in [1.82, 2.24) is 0 Å². The Balaban J connectivity index is 1.57. The van der Waals surface area contributed by atoms with Gasteiger partial charge in [-0.15, -0.1) is 11.8 Å². The average Bonchev–Trinajstić information content (AvgIpc) is 2.73. The summed E-state index contributed by atoms with van der Waals surface area (Å²) in [6.07, 6.45) is -3.33. The molecule has 0 aliphatic carbocycles. The van der Waals surface area contributed by atoms with Crippen LogP contribution in [0.5, 0.6) is 0 Å². The van der Waals surface area contributed by atoms with Crippen LogP contribution in [-0.4, -0.2) is 35.1 Å². The van der Waals surface area contributed by atoms with Crippen molar-refractivity contribution in [3.05, 3.63) is 76.4 Å². The SMILES string of the molecule is C/C(=C\c1ccc(C(F)(F)F)cc1)[C@H]1OC[C@H](S[C@H](C)[C@](C)(O)c2ccc(F)cc2F)CO1. The van der Waals surface area contributed by atoms with E-state index in [1.54, 1.807) is 19.9 Å². The van der Waals surface area contributed by atoms with Crippen LogP contribution in [0.1, 0.15) is 37.5 Å². The van der Waals surface area contributed by atoms with Crippen molar-refractivity contribution in [1.29, 1.82) is 0 Å². The van der Waals surface area contributed by atoms with Crippen molar-refractivity contribution in [3.63, 3.8) is 0 Å². The average molecular weight is 489 g/mol. The quantitative estimate of drug-likeness (QED) is 0.495. The van der Waals surface area contributed by atoms with Crippen molar-refractivity contribution in [3.8, 4) is 0 Å².